The van der Waals surface area contributed by atoms with Crippen LogP contribution in [0.25, 0.3) is 0 Å². The van der Waals surface area contributed by atoms with Gasteiger partial charge < -0.3 is 29.6 Å². The molecule has 0 spiro atoms. The minimum atomic E-state index is 0.625. The summed E-state index contributed by atoms with van der Waals surface area (Å²) >= 11 is 2.31. The molecule has 0 fully saturated rings. The topological polar surface area (TPSA) is 61.0 Å². The second-order valence-electron chi connectivity index (χ2n) is 4.79. The number of methoxy groups -OCH3 is 2. The smallest absolute Gasteiger partial charge is 0.0701 e. The summed E-state index contributed by atoms with van der Waals surface area (Å²) in [6.45, 7) is 5.36. The van der Waals surface area contributed by atoms with Crippen LogP contribution < -0.4 is 10.6 Å². The highest BCUT2D eigenvalue weighted by atomic mass is 127. The van der Waals surface area contributed by atoms with Crippen LogP contribution in [0, 0.1) is 3.57 Å². The van der Waals surface area contributed by atoms with Gasteiger partial charge in [-0.1, -0.05) is 0 Å². The number of nitrogens with one attached hydrogen (secondary N) is 2. The van der Waals surface area contributed by atoms with Crippen LogP contribution in [0.4, 0.5) is 11.4 Å². The van der Waals surface area contributed by atoms with Crippen molar-refractivity contribution in [3.8, 4) is 0 Å². The highest BCUT2D eigenvalue weighted by Gasteiger charge is 1.99. The van der Waals surface area contributed by atoms with E-state index in [4.69, 9.17) is 18.9 Å². The lowest BCUT2D eigenvalue weighted by molar-refractivity contribution is 0.0759. The van der Waals surface area contributed by atoms with Gasteiger partial charge >= 0.3 is 0 Å². The molecular formula is C16H27IN2O4. The molecule has 23 heavy (non-hydrogen) atoms. The Kier molecular flexibility index (Phi) is 12.3. The zero-order valence-electron chi connectivity index (χ0n) is 13.9. The van der Waals surface area contributed by atoms with Crippen molar-refractivity contribution in [3.63, 3.8) is 0 Å². The summed E-state index contributed by atoms with van der Waals surface area (Å²) in [6.07, 6.45) is 0. The molecule has 0 unspecified atom stereocenters. The Bertz CT molecular complexity index is 387. The van der Waals surface area contributed by atoms with Crippen molar-refractivity contribution in [2.45, 2.75) is 0 Å². The van der Waals surface area contributed by atoms with Crippen LogP contribution in [-0.4, -0.2) is 67.0 Å². The number of halogens is 1. The lowest BCUT2D eigenvalue weighted by atomic mass is 10.2. The second kappa shape index (κ2) is 13.8. The molecule has 1 aromatic rings. The van der Waals surface area contributed by atoms with Crippen LogP contribution in [0.3, 0.4) is 0 Å². The Morgan fingerprint density at radius 2 is 1.22 bits per heavy atom. The molecule has 1 aromatic carbocycles. The zero-order chi connectivity index (χ0) is 16.8. The summed E-state index contributed by atoms with van der Waals surface area (Å²) in [5, 5.41) is 6.73. The predicted octanol–water partition coefficient (Wildman–Crippen LogP) is 2.44. The Morgan fingerprint density at radius 3 is 1.65 bits per heavy atom. The van der Waals surface area contributed by atoms with Gasteiger partial charge in [0, 0.05) is 42.3 Å². The first kappa shape index (κ1) is 20.4. The van der Waals surface area contributed by atoms with Gasteiger partial charge in [-0.05, 0) is 40.8 Å². The standard InChI is InChI=1S/C16H27IN2O4/c1-20-7-9-22-5-3-18-15-11-14(17)12-16(13-15)19-4-6-23-10-8-21-2/h11-13,18-19H,3-10H2,1-2H3. The molecule has 0 atom stereocenters. The van der Waals surface area contributed by atoms with Gasteiger partial charge in [0.05, 0.1) is 39.6 Å². The molecule has 2 N–H and O–H groups in total. The molecule has 0 radical (unpaired) electrons. The Morgan fingerprint density at radius 1 is 0.739 bits per heavy atom. The van der Waals surface area contributed by atoms with E-state index in [0.717, 1.165) is 24.5 Å². The monoisotopic (exact) mass is 438 g/mol. The predicted molar refractivity (Wildman–Crippen MR) is 102 cm³/mol. The number of benzene rings is 1. The van der Waals surface area contributed by atoms with Gasteiger partial charge in [-0.3, -0.25) is 0 Å². The van der Waals surface area contributed by atoms with Crippen molar-refractivity contribution in [1.29, 1.82) is 0 Å². The number of anilines is 2. The van der Waals surface area contributed by atoms with Crippen LogP contribution in [0.2, 0.25) is 0 Å². The van der Waals surface area contributed by atoms with E-state index in [-0.39, 0.29) is 0 Å². The summed E-state index contributed by atoms with van der Waals surface area (Å²) in [6, 6.07) is 6.30. The molecule has 0 aliphatic heterocycles. The first-order chi connectivity index (χ1) is 11.3. The molecule has 0 aliphatic carbocycles. The molecule has 0 aromatic heterocycles. The molecule has 0 heterocycles. The van der Waals surface area contributed by atoms with Crippen LogP contribution in [0.15, 0.2) is 18.2 Å². The van der Waals surface area contributed by atoms with E-state index < -0.39 is 0 Å². The molecule has 0 saturated carbocycles. The zero-order valence-corrected chi connectivity index (χ0v) is 16.1. The van der Waals surface area contributed by atoms with E-state index in [2.05, 4.69) is 51.4 Å². The maximum atomic E-state index is 5.44. The molecule has 0 aliphatic rings. The van der Waals surface area contributed by atoms with E-state index in [1.807, 2.05) is 0 Å². The average molecular weight is 438 g/mol. The third-order valence-electron chi connectivity index (χ3n) is 2.91. The Hall–Kier alpha value is -0.610. The van der Waals surface area contributed by atoms with Crippen molar-refractivity contribution < 1.29 is 18.9 Å². The number of hydrogen-bond donors (Lipinski definition) is 2. The van der Waals surface area contributed by atoms with Crippen molar-refractivity contribution in [2.24, 2.45) is 0 Å². The fourth-order valence-electron chi connectivity index (χ4n) is 1.82. The molecule has 6 nitrogen and oxygen atoms in total. The number of hydrogen-bond acceptors (Lipinski definition) is 6. The fraction of sp³-hybridized carbons (Fsp3) is 0.625. The highest BCUT2D eigenvalue weighted by molar-refractivity contribution is 14.1. The van der Waals surface area contributed by atoms with E-state index in [1.165, 1.54) is 3.57 Å². The first-order valence-electron chi connectivity index (χ1n) is 7.68. The maximum absolute atomic E-state index is 5.44. The summed E-state index contributed by atoms with van der Waals surface area (Å²) in [5.74, 6) is 0. The fourth-order valence-corrected chi connectivity index (χ4v) is 2.49. The van der Waals surface area contributed by atoms with E-state index in [1.54, 1.807) is 14.2 Å². The summed E-state index contributed by atoms with van der Waals surface area (Å²) in [4.78, 5) is 0. The van der Waals surface area contributed by atoms with Gasteiger partial charge in [-0.2, -0.15) is 0 Å². The van der Waals surface area contributed by atoms with Gasteiger partial charge in [-0.15, -0.1) is 0 Å². The highest BCUT2D eigenvalue weighted by Crippen LogP contribution is 2.20. The molecule has 0 amide bonds. The summed E-state index contributed by atoms with van der Waals surface area (Å²) in [7, 11) is 3.34. The summed E-state index contributed by atoms with van der Waals surface area (Å²) in [5.41, 5.74) is 2.16. The molecule has 0 bridgehead atoms. The molecule has 1 rings (SSSR count). The first-order valence-corrected chi connectivity index (χ1v) is 8.76. The third kappa shape index (κ3) is 10.7. The lowest BCUT2D eigenvalue weighted by Crippen LogP contribution is -2.13. The minimum Gasteiger partial charge on any atom is -0.383 e. The van der Waals surface area contributed by atoms with Gasteiger partial charge in [-0.25, -0.2) is 0 Å². The van der Waals surface area contributed by atoms with Gasteiger partial charge in [0.2, 0.25) is 0 Å². The van der Waals surface area contributed by atoms with Crippen molar-refractivity contribution in [1.82, 2.24) is 0 Å². The quantitative estimate of drug-likeness (QED) is 0.344. The third-order valence-corrected chi connectivity index (χ3v) is 3.54. The average Bonchev–Trinajstić information content (AvgIpc) is 2.53. The Labute approximate surface area is 152 Å². The van der Waals surface area contributed by atoms with E-state index >= 15 is 0 Å². The van der Waals surface area contributed by atoms with E-state index in [0.29, 0.717) is 39.6 Å². The van der Waals surface area contributed by atoms with Gasteiger partial charge in [0.25, 0.3) is 0 Å². The van der Waals surface area contributed by atoms with Gasteiger partial charge in [0.15, 0.2) is 0 Å². The molecule has 0 saturated heterocycles. The van der Waals surface area contributed by atoms with Crippen LogP contribution in [0.5, 0.6) is 0 Å². The molecule has 132 valence electrons. The van der Waals surface area contributed by atoms with Crippen LogP contribution >= 0.6 is 22.6 Å². The lowest BCUT2D eigenvalue weighted by Gasteiger charge is -2.12. The largest absolute Gasteiger partial charge is 0.383 e. The van der Waals surface area contributed by atoms with Gasteiger partial charge in [0.1, 0.15) is 0 Å². The van der Waals surface area contributed by atoms with Crippen LogP contribution in [-0.2, 0) is 18.9 Å². The van der Waals surface area contributed by atoms with Crippen molar-refractivity contribution >= 4 is 34.0 Å². The normalized spacial score (nSPS) is 10.7. The maximum Gasteiger partial charge on any atom is 0.0701 e. The number of ether oxygens (including phenoxy) is 4. The van der Waals surface area contributed by atoms with Crippen molar-refractivity contribution in [2.75, 3.05) is 77.6 Å². The second-order valence-corrected chi connectivity index (χ2v) is 6.04. The van der Waals surface area contributed by atoms with Crippen molar-refractivity contribution in [3.05, 3.63) is 21.8 Å². The Balaban J connectivity index is 2.25. The SMILES string of the molecule is COCCOCCNc1cc(I)cc(NCCOCCOC)c1. The molecule has 7 heteroatoms. The summed E-state index contributed by atoms with van der Waals surface area (Å²) < 4.78 is 21.9. The van der Waals surface area contributed by atoms with Crippen LogP contribution in [0.1, 0.15) is 0 Å². The van der Waals surface area contributed by atoms with E-state index in [9.17, 15) is 0 Å². The molecular weight excluding hydrogens is 411 g/mol. The number of rotatable bonds is 14. The minimum absolute atomic E-state index is 0.625.